The van der Waals surface area contributed by atoms with Crippen LogP contribution in [0.3, 0.4) is 0 Å². The van der Waals surface area contributed by atoms with Crippen molar-refractivity contribution in [1.29, 1.82) is 0 Å². The Bertz CT molecular complexity index is 607. The van der Waals surface area contributed by atoms with Crippen molar-refractivity contribution in [2.24, 2.45) is 0 Å². The first-order chi connectivity index (χ1) is 10.3. The van der Waals surface area contributed by atoms with Crippen LogP contribution in [-0.4, -0.2) is 6.16 Å². The van der Waals surface area contributed by atoms with Gasteiger partial charge >= 0.3 is 0 Å². The molecule has 1 fully saturated rings. The number of allylic oxidation sites excluding steroid dienone is 2. The summed E-state index contributed by atoms with van der Waals surface area (Å²) in [5.74, 6) is 0. The van der Waals surface area contributed by atoms with Gasteiger partial charge in [0, 0.05) is 16.8 Å². The van der Waals surface area contributed by atoms with Gasteiger partial charge in [0.1, 0.15) is 7.14 Å². The Morgan fingerprint density at radius 2 is 1.29 bits per heavy atom. The van der Waals surface area contributed by atoms with Crippen LogP contribution in [0.25, 0.3) is 0 Å². The third-order valence-electron chi connectivity index (χ3n) is 4.23. The molecular weight excluding hydrogens is 275 g/mol. The van der Waals surface area contributed by atoms with E-state index in [4.69, 9.17) is 0 Å². The van der Waals surface area contributed by atoms with Crippen molar-refractivity contribution in [1.82, 2.24) is 0 Å². The molecule has 0 unspecified atom stereocenters. The lowest BCUT2D eigenvalue weighted by atomic mass is 10.2. The van der Waals surface area contributed by atoms with Gasteiger partial charge in [0.25, 0.3) is 0 Å². The molecule has 21 heavy (non-hydrogen) atoms. The van der Waals surface area contributed by atoms with Gasteiger partial charge in [0.05, 0.1) is 0 Å². The summed E-state index contributed by atoms with van der Waals surface area (Å²) < 4.78 is 13.7. The SMILES string of the molecule is O=P(CC=C1CCCC1)(c1ccccc1)c1ccccc1. The minimum Gasteiger partial charge on any atom is -0.313 e. The van der Waals surface area contributed by atoms with Crippen LogP contribution in [0.5, 0.6) is 0 Å². The molecule has 0 saturated heterocycles. The molecule has 108 valence electrons. The van der Waals surface area contributed by atoms with Crippen LogP contribution < -0.4 is 10.6 Å². The fourth-order valence-corrected chi connectivity index (χ4v) is 5.53. The zero-order valence-electron chi connectivity index (χ0n) is 12.2. The van der Waals surface area contributed by atoms with E-state index in [1.165, 1.54) is 31.3 Å². The van der Waals surface area contributed by atoms with Crippen LogP contribution in [0.1, 0.15) is 25.7 Å². The Balaban J connectivity index is 1.99. The maximum atomic E-state index is 13.7. The van der Waals surface area contributed by atoms with Crippen molar-refractivity contribution in [3.63, 3.8) is 0 Å². The minimum absolute atomic E-state index is 0.649. The summed E-state index contributed by atoms with van der Waals surface area (Å²) >= 11 is 0. The van der Waals surface area contributed by atoms with Crippen LogP contribution in [0.4, 0.5) is 0 Å². The van der Waals surface area contributed by atoms with E-state index < -0.39 is 7.14 Å². The second kappa shape index (κ2) is 6.45. The maximum Gasteiger partial charge on any atom is 0.146 e. The van der Waals surface area contributed by atoms with Crippen molar-refractivity contribution in [2.75, 3.05) is 6.16 Å². The molecule has 0 heterocycles. The Morgan fingerprint density at radius 1 is 0.810 bits per heavy atom. The van der Waals surface area contributed by atoms with Gasteiger partial charge in [0.2, 0.25) is 0 Å². The molecule has 0 aromatic heterocycles. The van der Waals surface area contributed by atoms with E-state index in [2.05, 4.69) is 6.08 Å². The van der Waals surface area contributed by atoms with Crippen LogP contribution in [0, 0.1) is 0 Å². The molecule has 0 bridgehead atoms. The Morgan fingerprint density at radius 3 is 1.76 bits per heavy atom. The fourth-order valence-electron chi connectivity index (χ4n) is 2.99. The summed E-state index contributed by atoms with van der Waals surface area (Å²) in [5, 5.41) is 1.93. The fraction of sp³-hybridized carbons (Fsp3) is 0.263. The maximum absolute atomic E-state index is 13.7. The monoisotopic (exact) mass is 296 g/mol. The van der Waals surface area contributed by atoms with Gasteiger partial charge < -0.3 is 4.57 Å². The third kappa shape index (κ3) is 3.19. The predicted octanol–water partition coefficient (Wildman–Crippen LogP) is 4.50. The quantitative estimate of drug-likeness (QED) is 0.599. The van der Waals surface area contributed by atoms with Gasteiger partial charge in [-0.2, -0.15) is 0 Å². The molecule has 0 spiro atoms. The lowest BCUT2D eigenvalue weighted by Crippen LogP contribution is -2.17. The predicted molar refractivity (Wildman–Crippen MR) is 91.2 cm³/mol. The van der Waals surface area contributed by atoms with E-state index in [0.717, 1.165) is 10.6 Å². The molecular formula is C19H21OP. The Kier molecular flexibility index (Phi) is 4.41. The third-order valence-corrected chi connectivity index (χ3v) is 7.19. The standard InChI is InChI=1S/C19H21OP/c20-21(18-11-3-1-4-12-18,19-13-5-2-6-14-19)16-15-17-9-7-8-10-17/h1-6,11-15H,7-10,16H2. The average molecular weight is 296 g/mol. The normalized spacial score (nSPS) is 15.1. The van der Waals surface area contributed by atoms with E-state index in [9.17, 15) is 4.57 Å². The van der Waals surface area contributed by atoms with Gasteiger partial charge in [-0.15, -0.1) is 0 Å². The molecule has 1 nitrogen and oxygen atoms in total. The molecule has 3 rings (SSSR count). The molecule has 0 radical (unpaired) electrons. The summed E-state index contributed by atoms with van der Waals surface area (Å²) in [6.07, 6.45) is 7.83. The largest absolute Gasteiger partial charge is 0.313 e. The van der Waals surface area contributed by atoms with Crippen molar-refractivity contribution in [3.05, 3.63) is 72.3 Å². The van der Waals surface area contributed by atoms with Gasteiger partial charge in [0.15, 0.2) is 0 Å². The lowest BCUT2D eigenvalue weighted by Gasteiger charge is -2.18. The second-order valence-corrected chi connectivity index (χ2v) is 8.54. The second-order valence-electron chi connectivity index (χ2n) is 5.66. The summed E-state index contributed by atoms with van der Waals surface area (Å²) in [5.41, 5.74) is 1.49. The van der Waals surface area contributed by atoms with Crippen LogP contribution >= 0.6 is 7.14 Å². The van der Waals surface area contributed by atoms with E-state index in [1.807, 2.05) is 60.7 Å². The van der Waals surface area contributed by atoms with E-state index in [0.29, 0.717) is 6.16 Å². The lowest BCUT2D eigenvalue weighted by molar-refractivity contribution is 0.588. The van der Waals surface area contributed by atoms with Crippen LogP contribution in [0.2, 0.25) is 0 Å². The first-order valence-electron chi connectivity index (χ1n) is 7.67. The molecule has 1 aliphatic rings. The molecule has 1 saturated carbocycles. The zero-order chi connectivity index (χ0) is 14.5. The highest BCUT2D eigenvalue weighted by Gasteiger charge is 2.26. The van der Waals surface area contributed by atoms with Crippen molar-refractivity contribution >= 4 is 17.8 Å². The summed E-state index contributed by atoms with van der Waals surface area (Å²) in [6.45, 7) is 0. The van der Waals surface area contributed by atoms with Gasteiger partial charge in [-0.1, -0.05) is 72.3 Å². The Hall–Kier alpha value is -1.59. The van der Waals surface area contributed by atoms with Gasteiger partial charge in [-0.3, -0.25) is 0 Å². The van der Waals surface area contributed by atoms with E-state index >= 15 is 0 Å². The highest BCUT2D eigenvalue weighted by molar-refractivity contribution is 7.78. The molecule has 0 amide bonds. The molecule has 0 aliphatic heterocycles. The molecule has 0 atom stereocenters. The van der Waals surface area contributed by atoms with Crippen molar-refractivity contribution in [2.45, 2.75) is 25.7 Å². The van der Waals surface area contributed by atoms with Gasteiger partial charge in [-0.05, 0) is 25.7 Å². The molecule has 2 aromatic rings. The first kappa shape index (κ1) is 14.4. The molecule has 2 heteroatoms. The zero-order valence-corrected chi connectivity index (χ0v) is 13.1. The molecule has 2 aromatic carbocycles. The number of hydrogen-bond donors (Lipinski definition) is 0. The molecule has 1 aliphatic carbocycles. The van der Waals surface area contributed by atoms with Crippen LogP contribution in [-0.2, 0) is 4.57 Å². The average Bonchev–Trinajstić information content (AvgIpc) is 3.08. The van der Waals surface area contributed by atoms with E-state index in [1.54, 1.807) is 0 Å². The minimum atomic E-state index is -2.55. The van der Waals surface area contributed by atoms with Gasteiger partial charge in [-0.25, -0.2) is 0 Å². The smallest absolute Gasteiger partial charge is 0.146 e. The topological polar surface area (TPSA) is 17.1 Å². The number of rotatable bonds is 4. The van der Waals surface area contributed by atoms with Crippen LogP contribution in [0.15, 0.2) is 72.3 Å². The first-order valence-corrected chi connectivity index (χ1v) is 9.56. The Labute approximate surface area is 127 Å². The van der Waals surface area contributed by atoms with E-state index in [-0.39, 0.29) is 0 Å². The van der Waals surface area contributed by atoms with Crippen molar-refractivity contribution in [3.8, 4) is 0 Å². The summed E-state index contributed by atoms with van der Waals surface area (Å²) in [7, 11) is -2.55. The highest BCUT2D eigenvalue weighted by Crippen LogP contribution is 2.44. The number of hydrogen-bond acceptors (Lipinski definition) is 1. The summed E-state index contributed by atoms with van der Waals surface area (Å²) in [4.78, 5) is 0. The highest BCUT2D eigenvalue weighted by atomic mass is 31.2. The number of benzene rings is 2. The summed E-state index contributed by atoms with van der Waals surface area (Å²) in [6, 6.07) is 19.9. The molecule has 0 N–H and O–H groups in total. The van der Waals surface area contributed by atoms with Crippen molar-refractivity contribution < 1.29 is 4.57 Å².